The number of nitrogens with zero attached hydrogens (tertiary/aromatic N) is 2. The highest BCUT2D eigenvalue weighted by Gasteiger charge is 2.36. The molecule has 0 saturated carbocycles. The van der Waals surface area contributed by atoms with Gasteiger partial charge in [0.2, 0.25) is 17.7 Å². The Labute approximate surface area is 182 Å². The van der Waals surface area contributed by atoms with Crippen molar-refractivity contribution in [2.45, 2.75) is 33.1 Å². The standard InChI is InChI=1S/C24H28N4O3/c1-15-6-5-7-20(16(15)2)28-14-18(13-22(28)29)24(31)26-19-12-17(23(25)30)8-9-21(19)27-10-3-4-11-27/h5-9,12,18H,3-4,10-11,13-14H2,1-2H3,(H2,25,30)(H,26,31). The first-order valence-electron chi connectivity index (χ1n) is 10.7. The fourth-order valence-electron chi connectivity index (χ4n) is 4.40. The van der Waals surface area contributed by atoms with Gasteiger partial charge in [-0.25, -0.2) is 0 Å². The van der Waals surface area contributed by atoms with Gasteiger partial charge in [0, 0.05) is 37.3 Å². The Morgan fingerprint density at radius 3 is 2.52 bits per heavy atom. The third-order valence-corrected chi connectivity index (χ3v) is 6.35. The van der Waals surface area contributed by atoms with Gasteiger partial charge in [0.05, 0.1) is 17.3 Å². The highest BCUT2D eigenvalue weighted by molar-refractivity contribution is 6.05. The van der Waals surface area contributed by atoms with Crippen molar-refractivity contribution >= 4 is 34.8 Å². The summed E-state index contributed by atoms with van der Waals surface area (Å²) in [5.74, 6) is -1.28. The van der Waals surface area contributed by atoms with Crippen molar-refractivity contribution in [2.75, 3.05) is 34.8 Å². The Kier molecular flexibility index (Phi) is 5.67. The van der Waals surface area contributed by atoms with Gasteiger partial charge in [0.1, 0.15) is 0 Å². The molecule has 2 aliphatic rings. The van der Waals surface area contributed by atoms with E-state index in [2.05, 4.69) is 10.2 Å². The number of anilines is 3. The second kappa shape index (κ2) is 8.41. The van der Waals surface area contributed by atoms with Crippen LogP contribution >= 0.6 is 0 Å². The average molecular weight is 421 g/mol. The van der Waals surface area contributed by atoms with Crippen molar-refractivity contribution in [1.29, 1.82) is 0 Å². The Morgan fingerprint density at radius 1 is 1.06 bits per heavy atom. The number of nitrogens with two attached hydrogens (primary N) is 1. The predicted molar refractivity (Wildman–Crippen MR) is 121 cm³/mol. The summed E-state index contributed by atoms with van der Waals surface area (Å²) >= 11 is 0. The number of hydrogen-bond donors (Lipinski definition) is 2. The van der Waals surface area contributed by atoms with E-state index >= 15 is 0 Å². The van der Waals surface area contributed by atoms with Crippen LogP contribution in [-0.2, 0) is 9.59 Å². The number of aryl methyl sites for hydroxylation is 1. The highest BCUT2D eigenvalue weighted by atomic mass is 16.2. The Bertz CT molecular complexity index is 1040. The topological polar surface area (TPSA) is 95.7 Å². The van der Waals surface area contributed by atoms with Gasteiger partial charge < -0.3 is 20.9 Å². The van der Waals surface area contributed by atoms with Gasteiger partial charge in [-0.3, -0.25) is 14.4 Å². The summed E-state index contributed by atoms with van der Waals surface area (Å²) in [5.41, 5.74) is 10.3. The second-order valence-corrected chi connectivity index (χ2v) is 8.40. The second-order valence-electron chi connectivity index (χ2n) is 8.40. The zero-order valence-corrected chi connectivity index (χ0v) is 18.0. The lowest BCUT2D eigenvalue weighted by Crippen LogP contribution is -2.29. The zero-order valence-electron chi connectivity index (χ0n) is 18.0. The number of primary amides is 1. The molecule has 3 N–H and O–H groups in total. The molecule has 2 heterocycles. The Hall–Kier alpha value is -3.35. The van der Waals surface area contributed by atoms with Gasteiger partial charge in [-0.05, 0) is 62.1 Å². The van der Waals surface area contributed by atoms with E-state index in [1.807, 2.05) is 38.1 Å². The molecule has 0 bridgehead atoms. The van der Waals surface area contributed by atoms with Crippen LogP contribution in [0.5, 0.6) is 0 Å². The molecule has 0 aromatic heterocycles. The van der Waals surface area contributed by atoms with Crippen molar-refractivity contribution in [3.63, 3.8) is 0 Å². The molecule has 2 aromatic carbocycles. The summed E-state index contributed by atoms with van der Waals surface area (Å²) in [6.07, 6.45) is 2.34. The molecule has 2 aromatic rings. The van der Waals surface area contributed by atoms with Crippen molar-refractivity contribution in [2.24, 2.45) is 11.7 Å². The van der Waals surface area contributed by atoms with Crippen LogP contribution in [0.4, 0.5) is 17.1 Å². The lowest BCUT2D eigenvalue weighted by Gasteiger charge is -2.23. The van der Waals surface area contributed by atoms with Crippen LogP contribution in [0.2, 0.25) is 0 Å². The Balaban J connectivity index is 1.55. The summed E-state index contributed by atoms with van der Waals surface area (Å²) in [5, 5.41) is 2.98. The largest absolute Gasteiger partial charge is 0.370 e. The SMILES string of the molecule is Cc1cccc(N2CC(C(=O)Nc3cc(C(N)=O)ccc3N3CCCC3)CC2=O)c1C. The Morgan fingerprint density at radius 2 is 1.81 bits per heavy atom. The molecule has 0 radical (unpaired) electrons. The number of carbonyl (C=O) groups excluding carboxylic acids is 3. The molecule has 2 saturated heterocycles. The number of nitrogens with one attached hydrogen (secondary N) is 1. The van der Waals surface area contributed by atoms with E-state index in [1.165, 1.54) is 0 Å². The quantitative estimate of drug-likeness (QED) is 0.777. The number of rotatable bonds is 5. The molecule has 2 fully saturated rings. The monoisotopic (exact) mass is 420 g/mol. The summed E-state index contributed by atoms with van der Waals surface area (Å²) in [6, 6.07) is 11.0. The van der Waals surface area contributed by atoms with Gasteiger partial charge >= 0.3 is 0 Å². The fraction of sp³-hybridized carbons (Fsp3) is 0.375. The maximum absolute atomic E-state index is 13.1. The van der Waals surface area contributed by atoms with Crippen LogP contribution < -0.4 is 20.9 Å². The molecule has 1 atom stereocenters. The number of benzene rings is 2. The van der Waals surface area contributed by atoms with Gasteiger partial charge in [0.15, 0.2) is 0 Å². The van der Waals surface area contributed by atoms with E-state index in [4.69, 9.17) is 5.73 Å². The first kappa shape index (κ1) is 20.9. The molecule has 7 heteroatoms. The molecule has 7 nitrogen and oxygen atoms in total. The summed E-state index contributed by atoms with van der Waals surface area (Å²) in [4.78, 5) is 41.4. The number of carbonyl (C=O) groups is 3. The van der Waals surface area contributed by atoms with E-state index in [9.17, 15) is 14.4 Å². The molecular formula is C24H28N4O3. The van der Waals surface area contributed by atoms with Crippen molar-refractivity contribution in [3.8, 4) is 0 Å². The van der Waals surface area contributed by atoms with Gasteiger partial charge in [-0.1, -0.05) is 12.1 Å². The van der Waals surface area contributed by atoms with E-state index in [0.29, 0.717) is 17.8 Å². The van der Waals surface area contributed by atoms with Crippen LogP contribution in [0.1, 0.15) is 40.7 Å². The molecule has 0 aliphatic carbocycles. The van der Waals surface area contributed by atoms with E-state index in [-0.39, 0.29) is 18.2 Å². The van der Waals surface area contributed by atoms with Crippen LogP contribution in [0.3, 0.4) is 0 Å². The molecule has 162 valence electrons. The third-order valence-electron chi connectivity index (χ3n) is 6.35. The predicted octanol–water partition coefficient (Wildman–Crippen LogP) is 2.99. The van der Waals surface area contributed by atoms with E-state index in [0.717, 1.165) is 48.4 Å². The van der Waals surface area contributed by atoms with Gasteiger partial charge in [0.25, 0.3) is 0 Å². The number of hydrogen-bond acceptors (Lipinski definition) is 4. The molecule has 31 heavy (non-hydrogen) atoms. The van der Waals surface area contributed by atoms with Crippen LogP contribution in [-0.4, -0.2) is 37.4 Å². The fourth-order valence-corrected chi connectivity index (χ4v) is 4.40. The maximum Gasteiger partial charge on any atom is 0.248 e. The van der Waals surface area contributed by atoms with Crippen LogP contribution in [0.25, 0.3) is 0 Å². The van der Waals surface area contributed by atoms with Crippen molar-refractivity contribution in [3.05, 3.63) is 53.1 Å². The molecule has 2 aliphatic heterocycles. The van der Waals surface area contributed by atoms with Gasteiger partial charge in [-0.15, -0.1) is 0 Å². The van der Waals surface area contributed by atoms with Crippen LogP contribution in [0, 0.1) is 19.8 Å². The molecule has 1 unspecified atom stereocenters. The van der Waals surface area contributed by atoms with Gasteiger partial charge in [-0.2, -0.15) is 0 Å². The smallest absolute Gasteiger partial charge is 0.248 e. The molecule has 4 rings (SSSR count). The summed E-state index contributed by atoms with van der Waals surface area (Å²) < 4.78 is 0. The van der Waals surface area contributed by atoms with Crippen molar-refractivity contribution in [1.82, 2.24) is 0 Å². The molecular weight excluding hydrogens is 392 g/mol. The lowest BCUT2D eigenvalue weighted by atomic mass is 10.1. The summed E-state index contributed by atoms with van der Waals surface area (Å²) in [7, 11) is 0. The minimum absolute atomic E-state index is 0.0560. The first-order valence-corrected chi connectivity index (χ1v) is 10.7. The number of amides is 3. The van der Waals surface area contributed by atoms with E-state index < -0.39 is 11.8 Å². The lowest BCUT2D eigenvalue weighted by molar-refractivity contribution is -0.122. The minimum Gasteiger partial charge on any atom is -0.370 e. The molecule has 3 amide bonds. The van der Waals surface area contributed by atoms with Crippen molar-refractivity contribution < 1.29 is 14.4 Å². The maximum atomic E-state index is 13.1. The first-order chi connectivity index (χ1) is 14.8. The van der Waals surface area contributed by atoms with Crippen LogP contribution in [0.15, 0.2) is 36.4 Å². The van der Waals surface area contributed by atoms with E-state index in [1.54, 1.807) is 17.0 Å². The zero-order chi connectivity index (χ0) is 22.1. The third kappa shape index (κ3) is 4.13. The normalized spacial score (nSPS) is 18.5. The average Bonchev–Trinajstić information content (AvgIpc) is 3.40. The highest BCUT2D eigenvalue weighted by Crippen LogP contribution is 2.33. The molecule has 0 spiro atoms. The minimum atomic E-state index is -0.541. The summed E-state index contributed by atoms with van der Waals surface area (Å²) in [6.45, 7) is 6.14.